The zero-order chi connectivity index (χ0) is 18.0. The van der Waals surface area contributed by atoms with Crippen LogP contribution in [-0.4, -0.2) is 46.0 Å². The Kier molecular flexibility index (Phi) is 12.5. The number of nitrogens with zero attached hydrogens (tertiary/aromatic N) is 1. The van der Waals surface area contributed by atoms with Crippen LogP contribution in [0.5, 0.6) is 0 Å². The molecule has 0 spiro atoms. The van der Waals surface area contributed by atoms with Crippen molar-refractivity contribution in [3.05, 3.63) is 35.4 Å². The summed E-state index contributed by atoms with van der Waals surface area (Å²) in [5.41, 5.74) is 1.73. The number of rotatable bonds is 9. The molecule has 0 amide bonds. The lowest BCUT2D eigenvalue weighted by Gasteiger charge is -2.15. The molecular formula is C16H29IN4O2S2. The lowest BCUT2D eigenvalue weighted by atomic mass is 10.1. The number of thioether (sulfide) groups is 1. The molecule has 144 valence electrons. The molecule has 0 saturated heterocycles. The van der Waals surface area contributed by atoms with Gasteiger partial charge in [-0.1, -0.05) is 24.3 Å². The number of hydrogen-bond acceptors (Lipinski definition) is 4. The van der Waals surface area contributed by atoms with Crippen molar-refractivity contribution in [1.29, 1.82) is 0 Å². The Bertz CT molecular complexity index is 637. The average Bonchev–Trinajstić information content (AvgIpc) is 2.50. The largest absolute Gasteiger partial charge is 0.356 e. The molecule has 0 heterocycles. The molecule has 0 atom stereocenters. The minimum atomic E-state index is -3.34. The smallest absolute Gasteiger partial charge is 0.216 e. The highest BCUT2D eigenvalue weighted by atomic mass is 127. The number of benzene rings is 1. The van der Waals surface area contributed by atoms with Gasteiger partial charge in [-0.3, -0.25) is 4.99 Å². The fourth-order valence-electron chi connectivity index (χ4n) is 2.15. The van der Waals surface area contributed by atoms with Gasteiger partial charge in [0.05, 0.1) is 5.75 Å². The molecule has 0 aliphatic rings. The Morgan fingerprint density at radius 3 is 2.40 bits per heavy atom. The molecule has 1 aromatic carbocycles. The van der Waals surface area contributed by atoms with E-state index in [1.165, 1.54) is 0 Å². The van der Waals surface area contributed by atoms with E-state index >= 15 is 0 Å². The second kappa shape index (κ2) is 12.8. The minimum absolute atomic E-state index is 0. The molecule has 0 aromatic heterocycles. The van der Waals surface area contributed by atoms with E-state index in [9.17, 15) is 8.42 Å². The molecule has 0 unspecified atom stereocenters. The molecule has 25 heavy (non-hydrogen) atoms. The van der Waals surface area contributed by atoms with E-state index in [1.807, 2.05) is 38.1 Å². The highest BCUT2D eigenvalue weighted by molar-refractivity contribution is 14.0. The molecule has 0 aliphatic heterocycles. The van der Waals surface area contributed by atoms with Gasteiger partial charge in [0.25, 0.3) is 0 Å². The third-order valence-corrected chi connectivity index (χ3v) is 5.28. The van der Waals surface area contributed by atoms with Crippen LogP contribution in [-0.2, 0) is 22.3 Å². The molecule has 0 radical (unpaired) electrons. The van der Waals surface area contributed by atoms with Crippen LogP contribution < -0.4 is 15.4 Å². The van der Waals surface area contributed by atoms with Crippen molar-refractivity contribution in [2.45, 2.75) is 32.2 Å². The van der Waals surface area contributed by atoms with Gasteiger partial charge >= 0.3 is 0 Å². The molecule has 6 nitrogen and oxygen atoms in total. The van der Waals surface area contributed by atoms with E-state index in [0.29, 0.717) is 12.5 Å². The van der Waals surface area contributed by atoms with Crippen molar-refractivity contribution >= 4 is 51.7 Å². The van der Waals surface area contributed by atoms with Crippen molar-refractivity contribution in [3.63, 3.8) is 0 Å². The van der Waals surface area contributed by atoms with Crippen LogP contribution in [0.4, 0.5) is 0 Å². The number of guanidine groups is 1. The predicted molar refractivity (Wildman–Crippen MR) is 119 cm³/mol. The van der Waals surface area contributed by atoms with E-state index < -0.39 is 10.0 Å². The van der Waals surface area contributed by atoms with E-state index in [0.717, 1.165) is 23.4 Å². The first kappa shape index (κ1) is 24.5. The SMILES string of the molecule is CN=C(NCCSC)NCc1ccccc1CS(=O)(=O)NC(C)C.I. The van der Waals surface area contributed by atoms with Crippen molar-refractivity contribution in [3.8, 4) is 0 Å². The van der Waals surface area contributed by atoms with Gasteiger partial charge < -0.3 is 10.6 Å². The summed E-state index contributed by atoms with van der Waals surface area (Å²) in [5, 5.41) is 6.45. The number of halogens is 1. The maximum atomic E-state index is 12.2. The van der Waals surface area contributed by atoms with Crippen LogP contribution in [0.2, 0.25) is 0 Å². The van der Waals surface area contributed by atoms with Crippen molar-refractivity contribution in [2.75, 3.05) is 25.6 Å². The summed E-state index contributed by atoms with van der Waals surface area (Å²) in [6.07, 6.45) is 2.06. The van der Waals surface area contributed by atoms with E-state index in [1.54, 1.807) is 18.8 Å². The average molecular weight is 500 g/mol. The Hall–Kier alpha value is -0.520. The normalized spacial score (nSPS) is 12.0. The monoisotopic (exact) mass is 500 g/mol. The van der Waals surface area contributed by atoms with Gasteiger partial charge in [0, 0.05) is 31.9 Å². The standard InChI is InChI=1S/C16H28N4O2S2.HI/c1-13(2)20-24(21,22)12-15-8-6-5-7-14(15)11-19-16(17-3)18-9-10-23-4;/h5-8,13,20H,9-12H2,1-4H3,(H2,17,18,19);1H. The Morgan fingerprint density at radius 2 is 1.84 bits per heavy atom. The van der Waals surface area contributed by atoms with Crippen LogP contribution >= 0.6 is 35.7 Å². The van der Waals surface area contributed by atoms with Crippen LogP contribution in [0, 0.1) is 0 Å². The molecule has 1 rings (SSSR count). The summed E-state index contributed by atoms with van der Waals surface area (Å²) in [5.74, 6) is 1.68. The highest BCUT2D eigenvalue weighted by Gasteiger charge is 2.15. The molecular weight excluding hydrogens is 471 g/mol. The second-order valence-corrected chi connectivity index (χ2v) is 8.39. The van der Waals surface area contributed by atoms with Gasteiger partial charge in [0.15, 0.2) is 5.96 Å². The van der Waals surface area contributed by atoms with Crippen LogP contribution in [0.25, 0.3) is 0 Å². The summed E-state index contributed by atoms with van der Waals surface area (Å²) in [4.78, 5) is 4.17. The van der Waals surface area contributed by atoms with Crippen molar-refractivity contribution in [1.82, 2.24) is 15.4 Å². The van der Waals surface area contributed by atoms with Crippen molar-refractivity contribution < 1.29 is 8.42 Å². The first-order valence-electron chi connectivity index (χ1n) is 7.88. The highest BCUT2D eigenvalue weighted by Crippen LogP contribution is 2.12. The van der Waals surface area contributed by atoms with Gasteiger partial charge in [-0.15, -0.1) is 24.0 Å². The van der Waals surface area contributed by atoms with Crippen LogP contribution in [0.1, 0.15) is 25.0 Å². The number of sulfonamides is 1. The Labute approximate surface area is 173 Å². The minimum Gasteiger partial charge on any atom is -0.356 e. The number of hydrogen-bond donors (Lipinski definition) is 3. The topological polar surface area (TPSA) is 82.6 Å². The first-order valence-corrected chi connectivity index (χ1v) is 10.9. The summed E-state index contributed by atoms with van der Waals surface area (Å²) in [6, 6.07) is 7.44. The molecule has 9 heteroatoms. The number of nitrogens with one attached hydrogen (secondary N) is 3. The van der Waals surface area contributed by atoms with Gasteiger partial charge in [0.1, 0.15) is 0 Å². The summed E-state index contributed by atoms with van der Waals surface area (Å²) < 4.78 is 26.9. The molecule has 3 N–H and O–H groups in total. The second-order valence-electron chi connectivity index (χ2n) is 5.65. The van der Waals surface area contributed by atoms with Gasteiger partial charge in [-0.25, -0.2) is 13.1 Å². The lowest BCUT2D eigenvalue weighted by Crippen LogP contribution is -2.38. The zero-order valence-electron chi connectivity index (χ0n) is 15.2. The van der Waals surface area contributed by atoms with E-state index in [-0.39, 0.29) is 35.8 Å². The molecule has 0 fully saturated rings. The van der Waals surface area contributed by atoms with E-state index in [2.05, 4.69) is 26.6 Å². The first-order chi connectivity index (χ1) is 11.4. The van der Waals surface area contributed by atoms with Crippen LogP contribution in [0.15, 0.2) is 29.3 Å². The maximum absolute atomic E-state index is 12.2. The zero-order valence-corrected chi connectivity index (χ0v) is 19.2. The number of aliphatic imine (C=N–C) groups is 1. The molecule has 0 saturated carbocycles. The fraction of sp³-hybridized carbons (Fsp3) is 0.562. The third kappa shape index (κ3) is 10.3. The molecule has 0 bridgehead atoms. The Balaban J connectivity index is 0.00000576. The molecule has 0 aliphatic carbocycles. The lowest BCUT2D eigenvalue weighted by molar-refractivity contribution is 0.568. The third-order valence-electron chi connectivity index (χ3n) is 3.15. The summed E-state index contributed by atoms with van der Waals surface area (Å²) in [7, 11) is -1.62. The van der Waals surface area contributed by atoms with E-state index in [4.69, 9.17) is 0 Å². The molecule has 1 aromatic rings. The van der Waals surface area contributed by atoms with Gasteiger partial charge in [0.2, 0.25) is 10.0 Å². The predicted octanol–water partition coefficient (Wildman–Crippen LogP) is 2.16. The van der Waals surface area contributed by atoms with Crippen LogP contribution in [0.3, 0.4) is 0 Å². The fourth-order valence-corrected chi connectivity index (χ4v) is 3.95. The summed E-state index contributed by atoms with van der Waals surface area (Å²) in [6.45, 7) is 4.98. The summed E-state index contributed by atoms with van der Waals surface area (Å²) >= 11 is 1.76. The van der Waals surface area contributed by atoms with Gasteiger partial charge in [-0.05, 0) is 31.2 Å². The van der Waals surface area contributed by atoms with Crippen molar-refractivity contribution in [2.24, 2.45) is 4.99 Å². The Morgan fingerprint density at radius 1 is 1.20 bits per heavy atom. The maximum Gasteiger partial charge on any atom is 0.216 e. The quantitative estimate of drug-likeness (QED) is 0.210. The van der Waals surface area contributed by atoms with Gasteiger partial charge in [-0.2, -0.15) is 11.8 Å².